The number of hydrogen-bond donors (Lipinski definition) is 2. The van der Waals surface area contributed by atoms with E-state index in [0.29, 0.717) is 43.5 Å². The minimum absolute atomic E-state index is 0.315. The van der Waals surface area contributed by atoms with Gasteiger partial charge in [-0.25, -0.2) is 9.37 Å². The summed E-state index contributed by atoms with van der Waals surface area (Å²) in [7, 11) is -1.37. The Morgan fingerprint density at radius 3 is 2.90 bits per heavy atom. The molecule has 5 rings (SSSR count). The van der Waals surface area contributed by atoms with Gasteiger partial charge in [0.1, 0.15) is 11.6 Å². The normalized spacial score (nSPS) is 20.1. The number of aryl methyl sites for hydroxylation is 1. The molecule has 1 unspecified atom stereocenters. The molecule has 3 N–H and O–H groups in total. The van der Waals surface area contributed by atoms with E-state index in [0.717, 1.165) is 33.5 Å². The summed E-state index contributed by atoms with van der Waals surface area (Å²) in [6, 6.07) is 13.0. The van der Waals surface area contributed by atoms with Crippen molar-refractivity contribution in [1.29, 1.82) is 0 Å². The van der Waals surface area contributed by atoms with Crippen LogP contribution in [-0.4, -0.2) is 46.8 Å². The van der Waals surface area contributed by atoms with E-state index in [2.05, 4.69) is 23.2 Å². The molecule has 0 aliphatic carbocycles. The van der Waals surface area contributed by atoms with Gasteiger partial charge in [-0.2, -0.15) is 0 Å². The Kier molecular flexibility index (Phi) is 5.16. The molecule has 6 nitrogen and oxygen atoms in total. The van der Waals surface area contributed by atoms with Crippen molar-refractivity contribution in [3.8, 4) is 0 Å². The van der Waals surface area contributed by atoms with Crippen LogP contribution in [0.25, 0.3) is 10.9 Å². The molecule has 31 heavy (non-hydrogen) atoms. The smallest absolute Gasteiger partial charge is 0.139 e. The molecule has 1 saturated heterocycles. The first-order valence-corrected chi connectivity index (χ1v) is 11.7. The number of hydrogen-bond acceptors (Lipinski definition) is 6. The lowest BCUT2D eigenvalue weighted by Crippen LogP contribution is -2.61. The summed E-state index contributed by atoms with van der Waals surface area (Å²) in [4.78, 5) is 7.26. The molecular formula is C23H25FN4O2S. The van der Waals surface area contributed by atoms with Gasteiger partial charge in [0.25, 0.3) is 0 Å². The van der Waals surface area contributed by atoms with Crippen molar-refractivity contribution in [2.45, 2.75) is 23.9 Å². The molecule has 0 bridgehead atoms. The van der Waals surface area contributed by atoms with Gasteiger partial charge in [0.05, 0.1) is 40.0 Å². The summed E-state index contributed by atoms with van der Waals surface area (Å²) >= 11 is 0. The molecule has 1 fully saturated rings. The van der Waals surface area contributed by atoms with E-state index in [4.69, 9.17) is 15.5 Å². The minimum atomic E-state index is -1.37. The van der Waals surface area contributed by atoms with Crippen molar-refractivity contribution in [2.75, 3.05) is 42.3 Å². The fraction of sp³-hybridized carbons (Fsp3) is 0.348. The molecule has 162 valence electrons. The van der Waals surface area contributed by atoms with Crippen molar-refractivity contribution < 1.29 is 13.3 Å². The zero-order valence-corrected chi connectivity index (χ0v) is 18.2. The second kappa shape index (κ2) is 7.85. The number of rotatable bonds is 4. The lowest BCUT2D eigenvalue weighted by atomic mass is 9.99. The lowest BCUT2D eigenvalue weighted by molar-refractivity contribution is -0.0461. The molecule has 1 aromatic heterocycles. The molecule has 8 heteroatoms. The number of anilines is 2. The van der Waals surface area contributed by atoms with E-state index in [9.17, 15) is 8.60 Å². The number of ether oxygens (including phenoxy) is 1. The molecule has 3 heterocycles. The predicted molar refractivity (Wildman–Crippen MR) is 121 cm³/mol. The van der Waals surface area contributed by atoms with Crippen LogP contribution in [0.5, 0.6) is 0 Å². The first-order valence-electron chi connectivity index (χ1n) is 10.3. The summed E-state index contributed by atoms with van der Waals surface area (Å²) in [6.45, 7) is 4.70. The third-order valence-electron chi connectivity index (χ3n) is 5.87. The average Bonchev–Trinajstić information content (AvgIpc) is 2.90. The van der Waals surface area contributed by atoms with E-state index in [1.165, 1.54) is 6.07 Å². The topological polar surface area (TPSA) is 80.5 Å². The number of pyridine rings is 1. The van der Waals surface area contributed by atoms with E-state index in [-0.39, 0.29) is 5.54 Å². The summed E-state index contributed by atoms with van der Waals surface area (Å²) in [5, 5.41) is 4.52. The van der Waals surface area contributed by atoms with E-state index >= 15 is 0 Å². The summed E-state index contributed by atoms with van der Waals surface area (Å²) in [6.07, 6.45) is 0. The lowest BCUT2D eigenvalue weighted by Gasteiger charge is -2.38. The molecule has 2 aliphatic heterocycles. The number of halogens is 1. The van der Waals surface area contributed by atoms with Crippen LogP contribution in [-0.2, 0) is 22.1 Å². The van der Waals surface area contributed by atoms with Crippen LogP contribution in [0.15, 0.2) is 47.4 Å². The highest BCUT2D eigenvalue weighted by Crippen LogP contribution is 2.31. The Morgan fingerprint density at radius 1 is 1.29 bits per heavy atom. The third-order valence-corrected chi connectivity index (χ3v) is 7.33. The molecule has 0 amide bonds. The molecule has 1 atom stereocenters. The van der Waals surface area contributed by atoms with Gasteiger partial charge in [0.2, 0.25) is 0 Å². The first kappa shape index (κ1) is 20.4. The van der Waals surface area contributed by atoms with Crippen molar-refractivity contribution in [3.63, 3.8) is 0 Å². The molecule has 2 aromatic carbocycles. The maximum atomic E-state index is 14.3. The molecular weight excluding hydrogens is 415 g/mol. The number of benzene rings is 2. The van der Waals surface area contributed by atoms with Gasteiger partial charge in [0, 0.05) is 42.5 Å². The molecule has 0 radical (unpaired) electrons. The van der Waals surface area contributed by atoms with E-state index in [1.807, 2.05) is 24.3 Å². The quantitative estimate of drug-likeness (QED) is 0.649. The van der Waals surface area contributed by atoms with Gasteiger partial charge in [-0.3, -0.25) is 4.21 Å². The maximum Gasteiger partial charge on any atom is 0.139 e. The van der Waals surface area contributed by atoms with Crippen LogP contribution >= 0.6 is 0 Å². The van der Waals surface area contributed by atoms with Gasteiger partial charge in [0.15, 0.2) is 0 Å². The highest BCUT2D eigenvalue weighted by atomic mass is 32.2. The van der Waals surface area contributed by atoms with E-state index in [1.54, 1.807) is 6.07 Å². The van der Waals surface area contributed by atoms with Crippen LogP contribution in [0.3, 0.4) is 0 Å². The Balaban J connectivity index is 1.53. The molecule has 3 aromatic rings. The largest absolute Gasteiger partial charge is 0.382 e. The zero-order valence-electron chi connectivity index (χ0n) is 17.4. The van der Waals surface area contributed by atoms with Gasteiger partial charge in [-0.05, 0) is 30.7 Å². The summed E-state index contributed by atoms with van der Waals surface area (Å²) < 4.78 is 32.3. The van der Waals surface area contributed by atoms with E-state index < -0.39 is 16.6 Å². The molecule has 0 saturated carbocycles. The average molecular weight is 441 g/mol. The fourth-order valence-corrected chi connectivity index (χ4v) is 5.38. The Labute approximate surface area is 183 Å². The number of fused-ring (bicyclic) bond motifs is 2. The SMILES string of the molecule is Cc1ccc2nc(N3CCS(=O)c4c(F)cccc4C3)cc(NCC3(N)COC3)c2c1. The van der Waals surface area contributed by atoms with Crippen molar-refractivity contribution >= 4 is 33.2 Å². The van der Waals surface area contributed by atoms with Crippen LogP contribution in [0.4, 0.5) is 15.9 Å². The second-order valence-electron chi connectivity index (χ2n) is 8.46. The number of aromatic nitrogens is 1. The van der Waals surface area contributed by atoms with Crippen molar-refractivity contribution in [2.24, 2.45) is 5.73 Å². The predicted octanol–water partition coefficient (Wildman–Crippen LogP) is 2.95. The van der Waals surface area contributed by atoms with Gasteiger partial charge >= 0.3 is 0 Å². The van der Waals surface area contributed by atoms with Crippen LogP contribution in [0, 0.1) is 12.7 Å². The standard InChI is InChI=1S/C23H25FN4O2S/c1-15-5-6-19-17(9-15)20(26-12-23(25)13-30-14-23)10-21(27-19)28-7-8-31(29)22-16(11-28)3-2-4-18(22)24/h2-6,9-10H,7-8,11-14,25H2,1H3,(H,26,27). The minimum Gasteiger partial charge on any atom is -0.382 e. The number of nitrogens with zero attached hydrogens (tertiary/aromatic N) is 2. The highest BCUT2D eigenvalue weighted by molar-refractivity contribution is 7.85. The van der Waals surface area contributed by atoms with Crippen molar-refractivity contribution in [1.82, 2.24) is 4.98 Å². The Hall–Kier alpha value is -2.55. The van der Waals surface area contributed by atoms with Gasteiger partial charge in [-0.15, -0.1) is 0 Å². The maximum absolute atomic E-state index is 14.3. The Bertz CT molecular complexity index is 1180. The first-order chi connectivity index (χ1) is 14.9. The number of nitrogens with one attached hydrogen (secondary N) is 1. The monoisotopic (exact) mass is 440 g/mol. The fourth-order valence-electron chi connectivity index (χ4n) is 4.08. The molecule has 0 spiro atoms. The van der Waals surface area contributed by atoms with Crippen molar-refractivity contribution in [3.05, 3.63) is 59.4 Å². The van der Waals surface area contributed by atoms with Crippen LogP contribution < -0.4 is 16.0 Å². The van der Waals surface area contributed by atoms with Crippen LogP contribution in [0.1, 0.15) is 11.1 Å². The zero-order chi connectivity index (χ0) is 21.6. The summed E-state index contributed by atoms with van der Waals surface area (Å²) in [5.41, 5.74) is 9.66. The Morgan fingerprint density at radius 2 is 2.13 bits per heavy atom. The molecule has 2 aliphatic rings. The highest BCUT2D eigenvalue weighted by Gasteiger charge is 2.34. The van der Waals surface area contributed by atoms with Gasteiger partial charge in [-0.1, -0.05) is 23.8 Å². The number of nitrogens with two attached hydrogens (primary N) is 1. The summed E-state index contributed by atoms with van der Waals surface area (Å²) in [5.74, 6) is 0.718. The second-order valence-corrected chi connectivity index (χ2v) is 9.96. The van der Waals surface area contributed by atoms with Crippen LogP contribution in [0.2, 0.25) is 0 Å². The van der Waals surface area contributed by atoms with Gasteiger partial charge < -0.3 is 20.7 Å². The third kappa shape index (κ3) is 3.91.